The van der Waals surface area contributed by atoms with Gasteiger partial charge in [-0.05, 0) is 44.2 Å². The SMILES string of the molecule is COc1ccc2[nH]c(=O)c(-c3nccn3CC3(CN4CCN(C)CC4)CC3)cc2c1. The summed E-state index contributed by atoms with van der Waals surface area (Å²) in [5.41, 5.74) is 1.61. The van der Waals surface area contributed by atoms with Crippen LogP contribution in [0.25, 0.3) is 22.3 Å². The Balaban J connectivity index is 1.41. The third-order valence-corrected chi connectivity index (χ3v) is 6.63. The standard InChI is InChI=1S/C23H29N5O2/c1-26-9-11-27(12-10-26)15-23(5-6-23)16-28-8-7-24-21(28)19-14-17-13-18(30-2)3-4-20(17)25-22(19)29/h3-4,7-8,13-14H,5-6,9-12,15-16H2,1-2H3,(H,25,29). The first-order valence-corrected chi connectivity index (χ1v) is 10.7. The number of pyridine rings is 1. The highest BCUT2D eigenvalue weighted by Gasteiger charge is 2.44. The van der Waals surface area contributed by atoms with Crippen molar-refractivity contribution in [3.8, 4) is 17.1 Å². The minimum atomic E-state index is -0.107. The van der Waals surface area contributed by atoms with Crippen molar-refractivity contribution >= 4 is 10.9 Å². The van der Waals surface area contributed by atoms with Gasteiger partial charge in [0.25, 0.3) is 5.56 Å². The number of hydrogen-bond acceptors (Lipinski definition) is 5. The zero-order valence-corrected chi connectivity index (χ0v) is 17.7. The minimum Gasteiger partial charge on any atom is -0.497 e. The van der Waals surface area contributed by atoms with Crippen molar-refractivity contribution in [2.45, 2.75) is 19.4 Å². The highest BCUT2D eigenvalue weighted by Crippen LogP contribution is 2.48. The topological polar surface area (TPSA) is 66.4 Å². The van der Waals surface area contributed by atoms with Crippen LogP contribution in [0, 0.1) is 5.41 Å². The van der Waals surface area contributed by atoms with Crippen molar-refractivity contribution in [1.82, 2.24) is 24.3 Å². The molecule has 0 spiro atoms. The largest absolute Gasteiger partial charge is 0.497 e. The molecule has 3 heterocycles. The van der Waals surface area contributed by atoms with E-state index < -0.39 is 0 Å². The molecule has 0 bridgehead atoms. The van der Waals surface area contributed by atoms with E-state index in [1.54, 1.807) is 13.3 Å². The van der Waals surface area contributed by atoms with Gasteiger partial charge in [-0.2, -0.15) is 0 Å². The Kier molecular flexibility index (Phi) is 4.87. The Labute approximate surface area is 176 Å². The highest BCUT2D eigenvalue weighted by molar-refractivity contribution is 5.83. The number of aromatic amines is 1. The average molecular weight is 408 g/mol. The van der Waals surface area contributed by atoms with E-state index in [2.05, 4.69) is 31.4 Å². The molecule has 1 aliphatic carbocycles. The number of aromatic nitrogens is 3. The molecule has 1 aromatic carbocycles. The van der Waals surface area contributed by atoms with Crippen LogP contribution in [0.5, 0.6) is 5.75 Å². The van der Waals surface area contributed by atoms with Crippen LogP contribution in [-0.4, -0.2) is 71.2 Å². The fourth-order valence-electron chi connectivity index (χ4n) is 4.54. The second-order valence-corrected chi connectivity index (χ2v) is 8.92. The van der Waals surface area contributed by atoms with Gasteiger partial charge in [0, 0.05) is 68.0 Å². The summed E-state index contributed by atoms with van der Waals surface area (Å²) < 4.78 is 7.51. The summed E-state index contributed by atoms with van der Waals surface area (Å²) in [5, 5.41) is 0.942. The molecule has 2 aliphatic rings. The smallest absolute Gasteiger partial charge is 0.259 e. The van der Waals surface area contributed by atoms with Crippen LogP contribution < -0.4 is 10.3 Å². The first kappa shape index (κ1) is 19.3. The fraction of sp³-hybridized carbons (Fsp3) is 0.478. The number of rotatable bonds is 6. The summed E-state index contributed by atoms with van der Waals surface area (Å²) in [6.07, 6.45) is 6.29. The molecule has 2 aromatic heterocycles. The molecule has 0 radical (unpaired) electrons. The van der Waals surface area contributed by atoms with Crippen molar-refractivity contribution in [1.29, 1.82) is 0 Å². The van der Waals surface area contributed by atoms with E-state index >= 15 is 0 Å². The number of fused-ring (bicyclic) bond motifs is 1. The number of nitrogens with zero attached hydrogens (tertiary/aromatic N) is 4. The summed E-state index contributed by atoms with van der Waals surface area (Å²) in [6, 6.07) is 7.60. The molecule has 1 saturated carbocycles. The van der Waals surface area contributed by atoms with E-state index in [1.165, 1.54) is 12.8 Å². The zero-order chi connectivity index (χ0) is 20.7. The number of likely N-dealkylation sites (N-methyl/N-ethyl adjacent to an activating group) is 1. The van der Waals surface area contributed by atoms with Crippen LogP contribution in [-0.2, 0) is 6.54 Å². The van der Waals surface area contributed by atoms with E-state index in [0.29, 0.717) is 11.0 Å². The summed E-state index contributed by atoms with van der Waals surface area (Å²) in [5.74, 6) is 1.51. The van der Waals surface area contributed by atoms with Gasteiger partial charge >= 0.3 is 0 Å². The van der Waals surface area contributed by atoms with Crippen LogP contribution >= 0.6 is 0 Å². The monoisotopic (exact) mass is 407 g/mol. The Morgan fingerprint density at radius 3 is 2.67 bits per heavy atom. The lowest BCUT2D eigenvalue weighted by Crippen LogP contribution is -2.46. The van der Waals surface area contributed by atoms with Crippen LogP contribution in [0.4, 0.5) is 0 Å². The Hall–Kier alpha value is -2.64. The van der Waals surface area contributed by atoms with Gasteiger partial charge in [0.05, 0.1) is 12.7 Å². The molecule has 0 amide bonds. The van der Waals surface area contributed by atoms with Gasteiger partial charge in [-0.25, -0.2) is 4.98 Å². The maximum atomic E-state index is 12.8. The normalized spacial score (nSPS) is 19.3. The average Bonchev–Trinajstić information content (AvgIpc) is 3.35. The fourth-order valence-corrected chi connectivity index (χ4v) is 4.54. The summed E-state index contributed by atoms with van der Waals surface area (Å²) in [7, 11) is 3.84. The molecule has 2 fully saturated rings. The van der Waals surface area contributed by atoms with Gasteiger partial charge in [-0.1, -0.05) is 0 Å². The lowest BCUT2D eigenvalue weighted by molar-refractivity contribution is 0.125. The van der Waals surface area contributed by atoms with Crippen molar-refractivity contribution in [3.63, 3.8) is 0 Å². The van der Waals surface area contributed by atoms with E-state index in [0.717, 1.165) is 61.7 Å². The van der Waals surface area contributed by atoms with Crippen molar-refractivity contribution in [2.24, 2.45) is 5.41 Å². The lowest BCUT2D eigenvalue weighted by atomic mass is 10.1. The number of piperazine rings is 1. The number of H-pyrrole nitrogens is 1. The molecule has 30 heavy (non-hydrogen) atoms. The summed E-state index contributed by atoms with van der Waals surface area (Å²) in [4.78, 5) is 25.4. The highest BCUT2D eigenvalue weighted by atomic mass is 16.5. The second kappa shape index (κ2) is 7.56. The molecular formula is C23H29N5O2. The molecule has 0 atom stereocenters. The van der Waals surface area contributed by atoms with Crippen molar-refractivity contribution in [3.05, 3.63) is 47.0 Å². The van der Waals surface area contributed by atoms with Gasteiger partial charge in [0.2, 0.25) is 0 Å². The van der Waals surface area contributed by atoms with E-state index in [1.807, 2.05) is 30.5 Å². The molecule has 158 valence electrons. The molecule has 0 unspecified atom stereocenters. The van der Waals surface area contributed by atoms with Crippen LogP contribution in [0.15, 0.2) is 41.5 Å². The Morgan fingerprint density at radius 2 is 1.93 bits per heavy atom. The molecule has 7 nitrogen and oxygen atoms in total. The van der Waals surface area contributed by atoms with Gasteiger partial charge in [0.15, 0.2) is 0 Å². The van der Waals surface area contributed by atoms with Crippen LogP contribution in [0.2, 0.25) is 0 Å². The second-order valence-electron chi connectivity index (χ2n) is 8.92. The number of nitrogens with one attached hydrogen (secondary N) is 1. The summed E-state index contributed by atoms with van der Waals surface area (Å²) in [6.45, 7) is 6.60. The third kappa shape index (κ3) is 3.75. The quantitative estimate of drug-likeness (QED) is 0.680. The maximum absolute atomic E-state index is 12.8. The van der Waals surface area contributed by atoms with Crippen LogP contribution in [0.3, 0.4) is 0 Å². The molecule has 1 saturated heterocycles. The first-order valence-electron chi connectivity index (χ1n) is 10.7. The summed E-state index contributed by atoms with van der Waals surface area (Å²) >= 11 is 0. The minimum absolute atomic E-state index is 0.107. The number of imidazole rings is 1. The molecular weight excluding hydrogens is 378 g/mol. The van der Waals surface area contributed by atoms with E-state index in [9.17, 15) is 4.79 Å². The molecule has 5 rings (SSSR count). The molecule has 1 aliphatic heterocycles. The number of hydrogen-bond donors (Lipinski definition) is 1. The lowest BCUT2D eigenvalue weighted by Gasteiger charge is -2.35. The molecule has 3 aromatic rings. The number of benzene rings is 1. The molecule has 7 heteroatoms. The van der Waals surface area contributed by atoms with E-state index in [-0.39, 0.29) is 5.56 Å². The Morgan fingerprint density at radius 1 is 1.13 bits per heavy atom. The number of methoxy groups -OCH3 is 1. The van der Waals surface area contributed by atoms with Gasteiger partial charge in [0.1, 0.15) is 11.6 Å². The van der Waals surface area contributed by atoms with Gasteiger partial charge in [-0.15, -0.1) is 0 Å². The predicted octanol–water partition coefficient (Wildman–Crippen LogP) is 2.43. The van der Waals surface area contributed by atoms with E-state index in [4.69, 9.17) is 4.74 Å². The van der Waals surface area contributed by atoms with Crippen molar-refractivity contribution in [2.75, 3.05) is 46.9 Å². The predicted molar refractivity (Wildman–Crippen MR) is 118 cm³/mol. The van der Waals surface area contributed by atoms with Gasteiger partial charge in [-0.3, -0.25) is 4.79 Å². The van der Waals surface area contributed by atoms with Crippen molar-refractivity contribution < 1.29 is 4.74 Å². The van der Waals surface area contributed by atoms with Crippen LogP contribution in [0.1, 0.15) is 12.8 Å². The van der Waals surface area contributed by atoms with Gasteiger partial charge < -0.3 is 24.1 Å². The zero-order valence-electron chi connectivity index (χ0n) is 17.7. The molecule has 1 N–H and O–H groups in total. The Bertz CT molecular complexity index is 1110. The first-order chi connectivity index (χ1) is 14.5. The maximum Gasteiger partial charge on any atom is 0.259 e. The number of ether oxygens (including phenoxy) is 1. The third-order valence-electron chi connectivity index (χ3n) is 6.63.